The van der Waals surface area contributed by atoms with E-state index in [1.807, 2.05) is 0 Å². The van der Waals surface area contributed by atoms with Crippen LogP contribution in [0.25, 0.3) is 10.9 Å². The molecular formula is C16H24N2. The van der Waals surface area contributed by atoms with E-state index in [9.17, 15) is 0 Å². The third-order valence-corrected chi connectivity index (χ3v) is 3.45. The molecule has 0 saturated carbocycles. The molecule has 0 radical (unpaired) electrons. The zero-order chi connectivity index (χ0) is 13.1. The molecule has 0 amide bonds. The van der Waals surface area contributed by atoms with E-state index in [1.54, 1.807) is 0 Å². The number of hydrogen-bond acceptors (Lipinski definition) is 1. The van der Waals surface area contributed by atoms with Crippen molar-refractivity contribution < 1.29 is 0 Å². The highest BCUT2D eigenvalue weighted by Crippen LogP contribution is 2.21. The number of aromatic nitrogens is 1. The van der Waals surface area contributed by atoms with Crippen molar-refractivity contribution in [1.29, 1.82) is 0 Å². The van der Waals surface area contributed by atoms with Crippen LogP contribution in [0.3, 0.4) is 0 Å². The molecule has 2 nitrogen and oxygen atoms in total. The first-order valence-corrected chi connectivity index (χ1v) is 6.88. The van der Waals surface area contributed by atoms with Crippen LogP contribution >= 0.6 is 0 Å². The van der Waals surface area contributed by atoms with Gasteiger partial charge in [0.1, 0.15) is 0 Å². The van der Waals surface area contributed by atoms with Crippen LogP contribution in [-0.4, -0.2) is 4.57 Å². The van der Waals surface area contributed by atoms with Gasteiger partial charge >= 0.3 is 0 Å². The van der Waals surface area contributed by atoms with Gasteiger partial charge in [-0.2, -0.15) is 0 Å². The van der Waals surface area contributed by atoms with E-state index >= 15 is 0 Å². The van der Waals surface area contributed by atoms with Gasteiger partial charge in [-0.05, 0) is 47.4 Å². The van der Waals surface area contributed by atoms with Gasteiger partial charge in [-0.3, -0.25) is 0 Å². The van der Waals surface area contributed by atoms with Crippen molar-refractivity contribution in [2.24, 2.45) is 17.6 Å². The Morgan fingerprint density at radius 3 is 2.61 bits per heavy atom. The third-order valence-electron chi connectivity index (χ3n) is 3.45. The Morgan fingerprint density at radius 2 is 1.94 bits per heavy atom. The minimum absolute atomic E-state index is 0.616. The Morgan fingerprint density at radius 1 is 1.17 bits per heavy atom. The first-order valence-electron chi connectivity index (χ1n) is 6.88. The molecule has 2 N–H and O–H groups in total. The zero-order valence-corrected chi connectivity index (χ0v) is 11.7. The molecule has 1 heterocycles. The number of benzene rings is 1. The van der Waals surface area contributed by atoms with E-state index in [1.165, 1.54) is 22.9 Å². The molecule has 0 bridgehead atoms. The summed E-state index contributed by atoms with van der Waals surface area (Å²) in [6.07, 6.45) is 3.47. The highest BCUT2D eigenvalue weighted by molar-refractivity contribution is 5.80. The molecule has 0 aliphatic heterocycles. The Bertz CT molecular complexity index is 511. The summed E-state index contributed by atoms with van der Waals surface area (Å²) in [7, 11) is 0. The standard InChI is InChI=1S/C16H24N2/c1-12(2)8-13(3)11-18-7-6-15-9-14(10-17)4-5-16(15)18/h4-7,9,12-13H,8,10-11,17H2,1-3H3. The Labute approximate surface area is 110 Å². The second kappa shape index (κ2) is 5.57. The lowest BCUT2D eigenvalue weighted by Crippen LogP contribution is -2.09. The summed E-state index contributed by atoms with van der Waals surface area (Å²) in [4.78, 5) is 0. The molecule has 0 fully saturated rings. The normalized spacial score (nSPS) is 13.4. The van der Waals surface area contributed by atoms with Gasteiger partial charge in [-0.25, -0.2) is 0 Å². The van der Waals surface area contributed by atoms with Gasteiger partial charge < -0.3 is 10.3 Å². The van der Waals surface area contributed by atoms with E-state index in [2.05, 4.69) is 55.8 Å². The fourth-order valence-corrected chi connectivity index (χ4v) is 2.75. The minimum Gasteiger partial charge on any atom is -0.347 e. The Kier molecular flexibility index (Phi) is 4.07. The van der Waals surface area contributed by atoms with Gasteiger partial charge in [0.25, 0.3) is 0 Å². The third kappa shape index (κ3) is 2.94. The maximum Gasteiger partial charge on any atom is 0.0480 e. The molecule has 1 atom stereocenters. The van der Waals surface area contributed by atoms with Gasteiger partial charge in [-0.15, -0.1) is 0 Å². The first-order chi connectivity index (χ1) is 8.60. The maximum absolute atomic E-state index is 5.68. The molecule has 2 heteroatoms. The molecule has 0 aliphatic carbocycles. The van der Waals surface area contributed by atoms with E-state index in [4.69, 9.17) is 5.73 Å². The van der Waals surface area contributed by atoms with Gasteiger partial charge in [0.15, 0.2) is 0 Å². The van der Waals surface area contributed by atoms with Crippen molar-refractivity contribution in [3.05, 3.63) is 36.0 Å². The summed E-state index contributed by atoms with van der Waals surface area (Å²) >= 11 is 0. The maximum atomic E-state index is 5.68. The quantitative estimate of drug-likeness (QED) is 0.852. The molecule has 18 heavy (non-hydrogen) atoms. The van der Waals surface area contributed by atoms with E-state index in [-0.39, 0.29) is 0 Å². The largest absolute Gasteiger partial charge is 0.347 e. The summed E-state index contributed by atoms with van der Waals surface area (Å²) in [6.45, 7) is 8.63. The number of hydrogen-bond donors (Lipinski definition) is 1. The van der Waals surface area contributed by atoms with Crippen molar-refractivity contribution >= 4 is 10.9 Å². The van der Waals surface area contributed by atoms with Gasteiger partial charge in [0, 0.05) is 24.8 Å². The summed E-state index contributed by atoms with van der Waals surface area (Å²) in [5.41, 5.74) is 8.20. The predicted octanol–water partition coefficient (Wildman–Crippen LogP) is 3.78. The van der Waals surface area contributed by atoms with Crippen LogP contribution in [0.5, 0.6) is 0 Å². The fourth-order valence-electron chi connectivity index (χ4n) is 2.75. The van der Waals surface area contributed by atoms with Crippen molar-refractivity contribution in [3.63, 3.8) is 0 Å². The molecule has 2 rings (SSSR count). The van der Waals surface area contributed by atoms with Gasteiger partial charge in [-0.1, -0.05) is 26.8 Å². The number of rotatable bonds is 5. The van der Waals surface area contributed by atoms with Crippen LogP contribution in [0.15, 0.2) is 30.5 Å². The molecule has 98 valence electrons. The second-order valence-corrected chi connectivity index (χ2v) is 5.80. The zero-order valence-electron chi connectivity index (χ0n) is 11.7. The number of nitrogens with zero attached hydrogens (tertiary/aromatic N) is 1. The first kappa shape index (κ1) is 13.2. The predicted molar refractivity (Wildman–Crippen MR) is 78.4 cm³/mol. The molecule has 2 aromatic rings. The summed E-state index contributed by atoms with van der Waals surface area (Å²) in [5.74, 6) is 1.49. The molecule has 1 aromatic heterocycles. The number of fused-ring (bicyclic) bond motifs is 1. The average Bonchev–Trinajstić information content (AvgIpc) is 2.70. The van der Waals surface area contributed by atoms with Crippen molar-refractivity contribution in [2.75, 3.05) is 0 Å². The second-order valence-electron chi connectivity index (χ2n) is 5.80. The van der Waals surface area contributed by atoms with Crippen molar-refractivity contribution in [1.82, 2.24) is 4.57 Å². The van der Waals surface area contributed by atoms with Crippen molar-refractivity contribution in [2.45, 2.75) is 40.3 Å². The van der Waals surface area contributed by atoms with Crippen LogP contribution in [-0.2, 0) is 13.1 Å². The lowest BCUT2D eigenvalue weighted by atomic mass is 9.99. The molecule has 0 aliphatic rings. The Hall–Kier alpha value is -1.28. The molecular weight excluding hydrogens is 220 g/mol. The van der Waals surface area contributed by atoms with E-state index < -0.39 is 0 Å². The van der Waals surface area contributed by atoms with Crippen LogP contribution in [0.1, 0.15) is 32.8 Å². The van der Waals surface area contributed by atoms with Crippen LogP contribution in [0.4, 0.5) is 0 Å². The monoisotopic (exact) mass is 244 g/mol. The number of nitrogens with two attached hydrogens (primary N) is 1. The minimum atomic E-state index is 0.616. The molecule has 0 spiro atoms. The highest BCUT2D eigenvalue weighted by atomic mass is 15.0. The van der Waals surface area contributed by atoms with Gasteiger partial charge in [0.2, 0.25) is 0 Å². The molecule has 1 unspecified atom stereocenters. The van der Waals surface area contributed by atoms with E-state index in [0.29, 0.717) is 6.54 Å². The van der Waals surface area contributed by atoms with Gasteiger partial charge in [0.05, 0.1) is 0 Å². The van der Waals surface area contributed by atoms with Crippen LogP contribution in [0.2, 0.25) is 0 Å². The fraction of sp³-hybridized carbons (Fsp3) is 0.500. The average molecular weight is 244 g/mol. The Balaban J connectivity index is 2.19. The SMILES string of the molecule is CC(C)CC(C)Cn1ccc2cc(CN)ccc21. The van der Waals surface area contributed by atoms with Crippen molar-refractivity contribution in [3.8, 4) is 0 Å². The molecule has 1 aromatic carbocycles. The highest BCUT2D eigenvalue weighted by Gasteiger charge is 2.08. The smallest absolute Gasteiger partial charge is 0.0480 e. The summed E-state index contributed by atoms with van der Waals surface area (Å²) in [6, 6.07) is 8.71. The molecule has 0 saturated heterocycles. The topological polar surface area (TPSA) is 30.9 Å². The van der Waals surface area contributed by atoms with Crippen LogP contribution < -0.4 is 5.73 Å². The van der Waals surface area contributed by atoms with Crippen LogP contribution in [0, 0.1) is 11.8 Å². The lowest BCUT2D eigenvalue weighted by Gasteiger charge is -2.15. The lowest BCUT2D eigenvalue weighted by molar-refractivity contribution is 0.394. The van der Waals surface area contributed by atoms with E-state index in [0.717, 1.165) is 18.4 Å². The summed E-state index contributed by atoms with van der Waals surface area (Å²) in [5, 5.41) is 1.30. The summed E-state index contributed by atoms with van der Waals surface area (Å²) < 4.78 is 2.36.